The van der Waals surface area contributed by atoms with Gasteiger partial charge in [-0.1, -0.05) is 0 Å². The van der Waals surface area contributed by atoms with Crippen LogP contribution in [0.15, 0.2) is 22.7 Å². The Morgan fingerprint density at radius 3 is 2.60 bits per heavy atom. The maximum absolute atomic E-state index is 12.0. The van der Waals surface area contributed by atoms with Crippen LogP contribution >= 0.6 is 15.9 Å². The van der Waals surface area contributed by atoms with Crippen molar-refractivity contribution in [2.45, 2.75) is 12.5 Å². The summed E-state index contributed by atoms with van der Waals surface area (Å²) in [7, 11) is 1.44. The standard InChI is InChI=1S/C12H13BrN2O5/c1-20-6-2-3-8(13)7(4-6)11(17)15-9(12(18)19)5-10(14)16/h2-4,9H,5H2,1H3,(H2,14,16)(H,15,17)(H,18,19). The van der Waals surface area contributed by atoms with Crippen molar-refractivity contribution in [2.24, 2.45) is 5.73 Å². The topological polar surface area (TPSA) is 119 Å². The second kappa shape index (κ2) is 6.90. The molecule has 7 nitrogen and oxygen atoms in total. The summed E-state index contributed by atoms with van der Waals surface area (Å²) < 4.78 is 5.46. The molecule has 0 saturated carbocycles. The number of hydrogen-bond donors (Lipinski definition) is 3. The van der Waals surface area contributed by atoms with E-state index in [1.165, 1.54) is 13.2 Å². The first-order valence-electron chi connectivity index (χ1n) is 5.50. The molecular formula is C12H13BrN2O5. The molecule has 0 saturated heterocycles. The molecule has 0 aromatic heterocycles. The predicted molar refractivity (Wildman–Crippen MR) is 73.4 cm³/mol. The number of nitrogens with two attached hydrogens (primary N) is 1. The van der Waals surface area contributed by atoms with Gasteiger partial charge in [-0.15, -0.1) is 0 Å². The zero-order chi connectivity index (χ0) is 15.3. The van der Waals surface area contributed by atoms with Crippen LogP contribution in [0.25, 0.3) is 0 Å². The molecule has 1 aromatic carbocycles. The number of ether oxygens (including phenoxy) is 1. The van der Waals surface area contributed by atoms with Gasteiger partial charge in [0.05, 0.1) is 19.1 Å². The van der Waals surface area contributed by atoms with E-state index < -0.39 is 30.2 Å². The minimum absolute atomic E-state index is 0.195. The molecule has 1 aromatic rings. The van der Waals surface area contributed by atoms with Gasteiger partial charge in [0, 0.05) is 4.47 Å². The Labute approximate surface area is 123 Å². The predicted octanol–water partition coefficient (Wildman–Crippen LogP) is 0.516. The molecule has 0 aliphatic rings. The van der Waals surface area contributed by atoms with Gasteiger partial charge >= 0.3 is 5.97 Å². The Morgan fingerprint density at radius 1 is 1.45 bits per heavy atom. The van der Waals surface area contributed by atoms with Gasteiger partial charge in [-0.3, -0.25) is 9.59 Å². The lowest BCUT2D eigenvalue weighted by atomic mass is 10.1. The second-order valence-electron chi connectivity index (χ2n) is 3.88. The monoisotopic (exact) mass is 344 g/mol. The third-order valence-corrected chi connectivity index (χ3v) is 3.12. The Hall–Kier alpha value is -2.09. The zero-order valence-corrected chi connectivity index (χ0v) is 12.1. The van der Waals surface area contributed by atoms with E-state index in [9.17, 15) is 14.4 Å². The number of carbonyl (C=O) groups is 3. The van der Waals surface area contributed by atoms with E-state index in [-0.39, 0.29) is 5.56 Å². The first-order valence-corrected chi connectivity index (χ1v) is 6.30. The van der Waals surface area contributed by atoms with Gasteiger partial charge in [-0.2, -0.15) is 0 Å². The number of carbonyl (C=O) groups excluding carboxylic acids is 2. The molecule has 0 radical (unpaired) electrons. The maximum Gasteiger partial charge on any atom is 0.326 e. The number of halogens is 1. The molecule has 0 heterocycles. The van der Waals surface area contributed by atoms with E-state index in [1.807, 2.05) is 0 Å². The van der Waals surface area contributed by atoms with Crippen molar-refractivity contribution in [1.82, 2.24) is 5.32 Å². The normalized spacial score (nSPS) is 11.5. The second-order valence-corrected chi connectivity index (χ2v) is 4.73. The highest BCUT2D eigenvalue weighted by molar-refractivity contribution is 9.10. The fourth-order valence-corrected chi connectivity index (χ4v) is 1.87. The molecule has 1 unspecified atom stereocenters. The zero-order valence-electron chi connectivity index (χ0n) is 10.6. The van der Waals surface area contributed by atoms with Crippen LogP contribution in [0.3, 0.4) is 0 Å². The fourth-order valence-electron chi connectivity index (χ4n) is 1.44. The molecule has 108 valence electrons. The molecule has 20 heavy (non-hydrogen) atoms. The quantitative estimate of drug-likeness (QED) is 0.694. The van der Waals surface area contributed by atoms with E-state index in [1.54, 1.807) is 12.1 Å². The van der Waals surface area contributed by atoms with Crippen LogP contribution in [-0.4, -0.2) is 36.0 Å². The summed E-state index contributed by atoms with van der Waals surface area (Å²) in [5.41, 5.74) is 5.13. The highest BCUT2D eigenvalue weighted by atomic mass is 79.9. The Morgan fingerprint density at radius 2 is 2.10 bits per heavy atom. The van der Waals surface area contributed by atoms with Gasteiger partial charge < -0.3 is 20.9 Å². The van der Waals surface area contributed by atoms with Gasteiger partial charge in [-0.25, -0.2) is 4.79 Å². The Kier molecular flexibility index (Phi) is 5.51. The SMILES string of the molecule is COc1ccc(Br)c(C(=O)NC(CC(N)=O)C(=O)O)c1. The van der Waals surface area contributed by atoms with E-state index in [0.29, 0.717) is 10.2 Å². The third-order valence-electron chi connectivity index (χ3n) is 2.43. The van der Waals surface area contributed by atoms with Crippen LogP contribution in [0.1, 0.15) is 16.8 Å². The summed E-state index contributed by atoms with van der Waals surface area (Å²) in [6, 6.07) is 3.30. The maximum atomic E-state index is 12.0. The lowest BCUT2D eigenvalue weighted by Gasteiger charge is -2.14. The molecule has 0 bridgehead atoms. The number of methoxy groups -OCH3 is 1. The number of hydrogen-bond acceptors (Lipinski definition) is 4. The van der Waals surface area contributed by atoms with E-state index in [4.69, 9.17) is 15.6 Å². The smallest absolute Gasteiger partial charge is 0.326 e. The summed E-state index contributed by atoms with van der Waals surface area (Å²) >= 11 is 3.18. The van der Waals surface area contributed by atoms with Crippen molar-refractivity contribution in [2.75, 3.05) is 7.11 Å². The first kappa shape index (κ1) is 16.0. The van der Waals surface area contributed by atoms with Crippen molar-refractivity contribution in [3.8, 4) is 5.75 Å². The lowest BCUT2D eigenvalue weighted by Crippen LogP contribution is -2.43. The summed E-state index contributed by atoms with van der Waals surface area (Å²) in [6.45, 7) is 0. The highest BCUT2D eigenvalue weighted by Crippen LogP contribution is 2.22. The summed E-state index contributed by atoms with van der Waals surface area (Å²) in [4.78, 5) is 33.7. The van der Waals surface area contributed by atoms with Crippen LogP contribution in [0.4, 0.5) is 0 Å². The average Bonchev–Trinajstić information content (AvgIpc) is 2.37. The molecule has 0 aliphatic heterocycles. The molecule has 0 spiro atoms. The number of primary amides is 1. The van der Waals surface area contributed by atoms with Crippen molar-refractivity contribution in [3.63, 3.8) is 0 Å². The summed E-state index contributed by atoms with van der Waals surface area (Å²) in [6.07, 6.45) is -0.483. The molecular weight excluding hydrogens is 332 g/mol. The van der Waals surface area contributed by atoms with Gasteiger partial charge in [0.1, 0.15) is 11.8 Å². The number of rotatable bonds is 6. The minimum atomic E-state index is -1.38. The van der Waals surface area contributed by atoms with Crippen LogP contribution in [-0.2, 0) is 9.59 Å². The number of carboxylic acids is 1. The molecule has 2 amide bonds. The van der Waals surface area contributed by atoms with Crippen LogP contribution in [0.2, 0.25) is 0 Å². The molecule has 1 rings (SSSR count). The van der Waals surface area contributed by atoms with E-state index >= 15 is 0 Å². The average molecular weight is 345 g/mol. The van der Waals surface area contributed by atoms with E-state index in [0.717, 1.165) is 0 Å². The summed E-state index contributed by atoms with van der Waals surface area (Å²) in [5.74, 6) is -2.36. The molecule has 0 fully saturated rings. The van der Waals surface area contributed by atoms with Crippen molar-refractivity contribution in [3.05, 3.63) is 28.2 Å². The van der Waals surface area contributed by atoms with Crippen LogP contribution < -0.4 is 15.8 Å². The number of aliphatic carboxylic acids is 1. The van der Waals surface area contributed by atoms with Crippen molar-refractivity contribution in [1.29, 1.82) is 0 Å². The molecule has 8 heteroatoms. The lowest BCUT2D eigenvalue weighted by molar-refractivity contribution is -0.140. The van der Waals surface area contributed by atoms with Gasteiger partial charge in [-0.05, 0) is 34.1 Å². The molecule has 0 aliphatic carbocycles. The van der Waals surface area contributed by atoms with Crippen LogP contribution in [0.5, 0.6) is 5.75 Å². The van der Waals surface area contributed by atoms with Gasteiger partial charge in [0.2, 0.25) is 5.91 Å². The fraction of sp³-hybridized carbons (Fsp3) is 0.250. The highest BCUT2D eigenvalue weighted by Gasteiger charge is 2.23. The number of nitrogens with one attached hydrogen (secondary N) is 1. The Balaban J connectivity index is 2.94. The van der Waals surface area contributed by atoms with Crippen molar-refractivity contribution < 1.29 is 24.2 Å². The van der Waals surface area contributed by atoms with Gasteiger partial charge in [0.25, 0.3) is 5.91 Å². The number of amides is 2. The largest absolute Gasteiger partial charge is 0.497 e. The number of benzene rings is 1. The molecule has 4 N–H and O–H groups in total. The summed E-state index contributed by atoms with van der Waals surface area (Å²) in [5, 5.41) is 11.2. The van der Waals surface area contributed by atoms with Crippen LogP contribution in [0, 0.1) is 0 Å². The molecule has 1 atom stereocenters. The van der Waals surface area contributed by atoms with E-state index in [2.05, 4.69) is 21.2 Å². The first-order chi connectivity index (χ1) is 9.35. The third kappa shape index (κ3) is 4.23. The van der Waals surface area contributed by atoms with Gasteiger partial charge in [0.15, 0.2) is 0 Å². The number of carboxylic acid groups (broad SMARTS) is 1. The minimum Gasteiger partial charge on any atom is -0.497 e. The Bertz CT molecular complexity index is 547. The van der Waals surface area contributed by atoms with Crippen molar-refractivity contribution >= 4 is 33.7 Å².